The van der Waals surface area contributed by atoms with Crippen LogP contribution in [-0.4, -0.2) is 36.2 Å². The number of pyridine rings is 2. The maximum absolute atomic E-state index is 12.9. The fraction of sp³-hybridized carbons (Fsp3) is 0.111. The Morgan fingerprint density at radius 3 is 1.41 bits per heavy atom. The van der Waals surface area contributed by atoms with E-state index in [0.29, 0.717) is 25.1 Å². The van der Waals surface area contributed by atoms with E-state index in [4.69, 9.17) is 9.97 Å². The summed E-state index contributed by atoms with van der Waals surface area (Å²) in [7, 11) is -3.49. The van der Waals surface area contributed by atoms with E-state index in [2.05, 4.69) is 39.6 Å². The lowest BCUT2D eigenvalue weighted by Crippen LogP contribution is -2.17. The molecule has 0 unspecified atom stereocenters. The summed E-state index contributed by atoms with van der Waals surface area (Å²) in [5.41, 5.74) is 7.10. The zero-order valence-corrected chi connectivity index (χ0v) is 26.5. The average molecular weight is 652 g/mol. The zero-order chi connectivity index (χ0) is 29.9. The fourth-order valence-electron chi connectivity index (χ4n) is 5.63. The predicted octanol–water partition coefficient (Wildman–Crippen LogP) is 8.06. The summed E-state index contributed by atoms with van der Waals surface area (Å²) in [5, 5.41) is 11.3. The largest absolute Gasteiger partial charge is 0.412 e. The predicted molar refractivity (Wildman–Crippen MR) is 194 cm³/mol. The highest BCUT2D eigenvalue weighted by molar-refractivity contribution is 7.92. The molecule has 0 atom stereocenters. The van der Waals surface area contributed by atoms with Crippen molar-refractivity contribution in [3.05, 3.63) is 121 Å². The van der Waals surface area contributed by atoms with Crippen molar-refractivity contribution < 1.29 is 13.9 Å². The number of sulfonamides is 1. The number of halogens is 1. The topological polar surface area (TPSA) is 128 Å². The summed E-state index contributed by atoms with van der Waals surface area (Å²) in [6.45, 7) is 0.659. The van der Waals surface area contributed by atoms with E-state index in [1.807, 2.05) is 84.9 Å². The number of para-hydroxylation sites is 4. The van der Waals surface area contributed by atoms with Crippen LogP contribution in [0.15, 0.2) is 121 Å². The Bertz CT molecular complexity index is 2140. The molecule has 0 aliphatic rings. The number of fused-ring (bicyclic) bond motifs is 4. The van der Waals surface area contributed by atoms with Crippen LogP contribution in [-0.2, 0) is 10.0 Å². The molecule has 0 amide bonds. The van der Waals surface area contributed by atoms with Crippen LogP contribution in [0.2, 0.25) is 0 Å². The highest BCUT2D eigenvalue weighted by atomic mass is 35.5. The second-order valence-electron chi connectivity index (χ2n) is 10.8. The molecule has 2 heterocycles. The Balaban J connectivity index is 0.00000208. The van der Waals surface area contributed by atoms with E-state index >= 15 is 0 Å². The Kier molecular flexibility index (Phi) is 9.87. The molecule has 0 bridgehead atoms. The molecule has 5 aromatic carbocycles. The third-order valence-corrected chi connectivity index (χ3v) is 9.12. The van der Waals surface area contributed by atoms with E-state index in [-0.39, 0.29) is 23.6 Å². The van der Waals surface area contributed by atoms with Gasteiger partial charge in [0.05, 0.1) is 39.2 Å². The summed E-state index contributed by atoms with van der Waals surface area (Å²) in [6, 6.07) is 39.6. The van der Waals surface area contributed by atoms with Gasteiger partial charge in [0.25, 0.3) is 0 Å². The van der Waals surface area contributed by atoms with Gasteiger partial charge in [-0.05, 0) is 61.4 Å². The third-order valence-electron chi connectivity index (χ3n) is 7.74. The fourth-order valence-corrected chi connectivity index (χ4v) is 6.81. The van der Waals surface area contributed by atoms with E-state index in [9.17, 15) is 8.42 Å². The molecule has 7 aromatic rings. The first-order chi connectivity index (χ1) is 21.5. The van der Waals surface area contributed by atoms with Gasteiger partial charge < -0.3 is 16.1 Å². The average Bonchev–Trinajstić information content (AvgIpc) is 3.04. The monoisotopic (exact) mass is 651 g/mol. The molecule has 5 N–H and O–H groups in total. The molecule has 234 valence electrons. The second kappa shape index (κ2) is 14.0. The highest BCUT2D eigenvalue weighted by Crippen LogP contribution is 2.34. The SMILES string of the molecule is Cl.O.O=S(=O)(CCCCNc1c2ccccc2nc2ccccc12)Nc1ccc(Nc2c3ccccc3nc3ccccc23)cc1. The number of nitrogens with one attached hydrogen (secondary N) is 3. The number of hydrogen-bond donors (Lipinski definition) is 3. The van der Waals surface area contributed by atoms with Crippen molar-refractivity contribution >= 4 is 88.8 Å². The van der Waals surface area contributed by atoms with Crippen molar-refractivity contribution in [2.75, 3.05) is 27.7 Å². The normalized spacial score (nSPS) is 11.2. The summed E-state index contributed by atoms with van der Waals surface area (Å²) >= 11 is 0. The van der Waals surface area contributed by atoms with Gasteiger partial charge in [0.1, 0.15) is 0 Å². The van der Waals surface area contributed by atoms with Crippen molar-refractivity contribution in [2.45, 2.75) is 12.8 Å². The molecule has 0 saturated carbocycles. The van der Waals surface area contributed by atoms with E-state index in [0.717, 1.165) is 60.7 Å². The number of unbranched alkanes of at least 4 members (excludes halogenated alkanes) is 1. The minimum Gasteiger partial charge on any atom is -0.412 e. The van der Waals surface area contributed by atoms with Crippen LogP contribution >= 0.6 is 12.4 Å². The lowest BCUT2D eigenvalue weighted by atomic mass is 10.1. The van der Waals surface area contributed by atoms with Gasteiger partial charge in [-0.2, -0.15) is 0 Å². The van der Waals surface area contributed by atoms with Gasteiger partial charge in [-0.1, -0.05) is 72.8 Å². The molecule has 0 radical (unpaired) electrons. The van der Waals surface area contributed by atoms with Gasteiger partial charge in [-0.3, -0.25) is 4.72 Å². The first kappa shape index (κ1) is 32.4. The number of rotatable bonds is 10. The van der Waals surface area contributed by atoms with Gasteiger partial charge >= 0.3 is 0 Å². The molecule has 0 aliphatic carbocycles. The lowest BCUT2D eigenvalue weighted by molar-refractivity contribution is 0.597. The molecule has 0 spiro atoms. The Morgan fingerprint density at radius 2 is 0.935 bits per heavy atom. The van der Waals surface area contributed by atoms with Crippen molar-refractivity contribution in [1.82, 2.24) is 9.97 Å². The molecule has 10 heteroatoms. The summed E-state index contributed by atoms with van der Waals surface area (Å²) in [4.78, 5) is 9.56. The van der Waals surface area contributed by atoms with Crippen LogP contribution in [0.4, 0.5) is 22.7 Å². The summed E-state index contributed by atoms with van der Waals surface area (Å²) in [6.07, 6.45) is 1.24. The zero-order valence-electron chi connectivity index (χ0n) is 24.9. The van der Waals surface area contributed by atoms with Crippen molar-refractivity contribution in [2.24, 2.45) is 0 Å². The molecule has 2 aromatic heterocycles. The standard InChI is InChI=1S/C36H31N5O2S.ClH.H2O/c42-44(43,24-10-9-23-37-35-27-11-1-5-15-31(27)39-32-16-6-2-12-28(32)35)41-26-21-19-25(20-22-26)38-36-29-13-3-7-17-33(29)40-34-18-8-4-14-30(34)36;;/h1-8,11-22,41H,9-10,23-24H2,(H,37,39)(H,38,40);1H;1H2. The van der Waals surface area contributed by atoms with Gasteiger partial charge in [-0.25, -0.2) is 18.4 Å². The number of hydrogen-bond acceptors (Lipinski definition) is 6. The minimum atomic E-state index is -3.49. The van der Waals surface area contributed by atoms with Gasteiger partial charge in [0.2, 0.25) is 10.0 Å². The first-order valence-corrected chi connectivity index (χ1v) is 16.4. The molecule has 0 fully saturated rings. The molecular formula is C36H34ClN5O3S. The molecule has 8 nitrogen and oxygen atoms in total. The smallest absolute Gasteiger partial charge is 0.232 e. The Morgan fingerprint density at radius 1 is 0.522 bits per heavy atom. The van der Waals surface area contributed by atoms with Gasteiger partial charge in [0.15, 0.2) is 0 Å². The molecule has 0 aliphatic heterocycles. The number of aromatic nitrogens is 2. The first-order valence-electron chi connectivity index (χ1n) is 14.7. The third kappa shape index (κ3) is 6.82. The summed E-state index contributed by atoms with van der Waals surface area (Å²) in [5.74, 6) is 0.0432. The van der Waals surface area contributed by atoms with Crippen LogP contribution < -0.4 is 15.4 Å². The van der Waals surface area contributed by atoms with Crippen molar-refractivity contribution in [3.63, 3.8) is 0 Å². The Labute approximate surface area is 273 Å². The van der Waals surface area contributed by atoms with E-state index in [1.54, 1.807) is 12.1 Å². The number of nitrogens with zero attached hydrogens (tertiary/aromatic N) is 2. The lowest BCUT2D eigenvalue weighted by Gasteiger charge is -2.14. The second-order valence-corrected chi connectivity index (χ2v) is 12.6. The number of anilines is 4. The maximum Gasteiger partial charge on any atom is 0.232 e. The van der Waals surface area contributed by atoms with E-state index < -0.39 is 10.0 Å². The van der Waals surface area contributed by atoms with Gasteiger partial charge in [-0.15, -0.1) is 12.4 Å². The van der Waals surface area contributed by atoms with Gasteiger partial charge in [0, 0.05) is 39.5 Å². The highest BCUT2D eigenvalue weighted by Gasteiger charge is 2.13. The molecule has 46 heavy (non-hydrogen) atoms. The van der Waals surface area contributed by atoms with Crippen LogP contribution in [0.3, 0.4) is 0 Å². The van der Waals surface area contributed by atoms with Crippen LogP contribution in [0.25, 0.3) is 43.6 Å². The van der Waals surface area contributed by atoms with Crippen LogP contribution in [0.1, 0.15) is 12.8 Å². The molecule has 7 rings (SSSR count). The van der Waals surface area contributed by atoms with Crippen molar-refractivity contribution in [1.29, 1.82) is 0 Å². The minimum absolute atomic E-state index is 0. The quantitative estimate of drug-likeness (QED) is 0.101. The number of benzene rings is 5. The van der Waals surface area contributed by atoms with Crippen LogP contribution in [0.5, 0.6) is 0 Å². The molecule has 0 saturated heterocycles. The summed E-state index contributed by atoms with van der Waals surface area (Å²) < 4.78 is 28.5. The van der Waals surface area contributed by atoms with Crippen molar-refractivity contribution in [3.8, 4) is 0 Å². The van der Waals surface area contributed by atoms with E-state index in [1.165, 1.54) is 0 Å². The Hall–Kier alpha value is -4.96. The maximum atomic E-state index is 12.9. The molecular weight excluding hydrogens is 618 g/mol. The van der Waals surface area contributed by atoms with Crippen LogP contribution in [0, 0.1) is 0 Å².